The maximum atomic E-state index is 12.9. The molecule has 3 heterocycles. The molecule has 7 nitrogen and oxygen atoms in total. The Balaban J connectivity index is 1.44. The number of rotatable bonds is 4. The molecule has 0 radical (unpaired) electrons. The summed E-state index contributed by atoms with van der Waals surface area (Å²) in [4.78, 5) is 4.73. The quantitative estimate of drug-likeness (QED) is 0.805. The number of nitrogens with zero attached hydrogens (tertiary/aromatic N) is 5. The molecule has 0 N–H and O–H groups in total. The van der Waals surface area contributed by atoms with E-state index in [1.54, 1.807) is 23.0 Å². The van der Waals surface area contributed by atoms with Gasteiger partial charge in [-0.1, -0.05) is 11.8 Å². The van der Waals surface area contributed by atoms with Crippen molar-refractivity contribution in [3.8, 4) is 0 Å². The van der Waals surface area contributed by atoms with Crippen LogP contribution in [0.1, 0.15) is 18.5 Å². The summed E-state index contributed by atoms with van der Waals surface area (Å²) in [6, 6.07) is 0. The summed E-state index contributed by atoms with van der Waals surface area (Å²) in [6.45, 7) is 3.05. The van der Waals surface area contributed by atoms with Crippen LogP contribution >= 0.6 is 11.8 Å². The Bertz CT molecular complexity index is 874. The van der Waals surface area contributed by atoms with Gasteiger partial charge in [-0.15, -0.1) is 0 Å². The molecule has 3 atom stereocenters. The highest BCUT2D eigenvalue weighted by atomic mass is 32.2. The molecule has 0 spiro atoms. The number of hydrogen-bond donors (Lipinski definition) is 0. The van der Waals surface area contributed by atoms with Crippen molar-refractivity contribution in [3.63, 3.8) is 0 Å². The number of imidazole rings is 1. The zero-order valence-corrected chi connectivity index (χ0v) is 16.3. The summed E-state index contributed by atoms with van der Waals surface area (Å²) in [5.41, 5.74) is 0.695. The highest BCUT2D eigenvalue weighted by Gasteiger charge is 2.45. The number of aromatic nitrogens is 4. The molecule has 2 fully saturated rings. The lowest BCUT2D eigenvalue weighted by Crippen LogP contribution is -2.30. The first kappa shape index (κ1) is 17.1. The number of sulfonamides is 1. The van der Waals surface area contributed by atoms with Gasteiger partial charge in [0.25, 0.3) is 0 Å². The Hall–Kier alpha value is -1.32. The third-order valence-corrected chi connectivity index (χ3v) is 8.79. The number of thioether (sulfide) groups is 1. The summed E-state index contributed by atoms with van der Waals surface area (Å²) in [5.74, 6) is 0.897. The average molecular weight is 382 g/mol. The highest BCUT2D eigenvalue weighted by Crippen LogP contribution is 2.45. The second-order valence-corrected chi connectivity index (χ2v) is 10.3. The summed E-state index contributed by atoms with van der Waals surface area (Å²) in [6.07, 6.45) is 7.37. The maximum Gasteiger partial charge on any atom is 0.246 e. The highest BCUT2D eigenvalue weighted by molar-refractivity contribution is 7.99. The second-order valence-electron chi connectivity index (χ2n) is 7.09. The van der Waals surface area contributed by atoms with E-state index in [9.17, 15) is 8.42 Å². The van der Waals surface area contributed by atoms with Crippen LogP contribution in [0.2, 0.25) is 0 Å². The Morgan fingerprint density at radius 3 is 2.40 bits per heavy atom. The molecule has 1 saturated carbocycles. The lowest BCUT2D eigenvalue weighted by atomic mass is 10.0. The van der Waals surface area contributed by atoms with E-state index in [-0.39, 0.29) is 0 Å². The predicted molar refractivity (Wildman–Crippen MR) is 95.8 cm³/mol. The minimum atomic E-state index is -3.44. The minimum Gasteiger partial charge on any atom is -0.329 e. The van der Waals surface area contributed by atoms with Gasteiger partial charge in [0.2, 0.25) is 10.0 Å². The number of hydrogen-bond acceptors (Lipinski definition) is 5. The van der Waals surface area contributed by atoms with Gasteiger partial charge in [0.05, 0.1) is 11.9 Å². The third kappa shape index (κ3) is 2.92. The molecule has 25 heavy (non-hydrogen) atoms. The first-order valence-corrected chi connectivity index (χ1v) is 10.8. The van der Waals surface area contributed by atoms with Crippen LogP contribution in [0.3, 0.4) is 0 Å². The van der Waals surface area contributed by atoms with Gasteiger partial charge >= 0.3 is 0 Å². The van der Waals surface area contributed by atoms with Crippen molar-refractivity contribution in [2.24, 2.45) is 25.9 Å². The van der Waals surface area contributed by atoms with E-state index in [2.05, 4.69) is 10.1 Å². The van der Waals surface area contributed by atoms with Crippen molar-refractivity contribution in [3.05, 3.63) is 24.3 Å². The van der Waals surface area contributed by atoms with Crippen molar-refractivity contribution < 1.29 is 8.42 Å². The summed E-state index contributed by atoms with van der Waals surface area (Å²) < 4.78 is 31.2. The Morgan fingerprint density at radius 2 is 1.88 bits per heavy atom. The Labute approximate surface area is 152 Å². The van der Waals surface area contributed by atoms with Crippen molar-refractivity contribution in [2.75, 3.05) is 13.1 Å². The lowest BCUT2D eigenvalue weighted by Gasteiger charge is -2.18. The van der Waals surface area contributed by atoms with E-state index in [1.165, 1.54) is 6.20 Å². The zero-order chi connectivity index (χ0) is 17.8. The summed E-state index contributed by atoms with van der Waals surface area (Å²) in [7, 11) is 0.342. The normalized spacial score (nSPS) is 27.1. The SMILES string of the molecule is Cc1c(S(=O)(=O)N2C[C@H]3C[C@H](Sc4nccn4C)C[C@H]3C2)cnn1C. The van der Waals surface area contributed by atoms with E-state index < -0.39 is 10.0 Å². The molecule has 136 valence electrons. The van der Waals surface area contributed by atoms with E-state index in [0.29, 0.717) is 40.8 Å². The van der Waals surface area contributed by atoms with Crippen LogP contribution in [-0.4, -0.2) is 50.4 Å². The van der Waals surface area contributed by atoms with Crippen LogP contribution in [-0.2, 0) is 24.1 Å². The van der Waals surface area contributed by atoms with Crippen LogP contribution in [0.5, 0.6) is 0 Å². The van der Waals surface area contributed by atoms with E-state index in [4.69, 9.17) is 0 Å². The molecule has 2 aliphatic rings. The average Bonchev–Trinajstić information content (AvgIpc) is 3.27. The summed E-state index contributed by atoms with van der Waals surface area (Å²) in [5, 5.41) is 5.66. The number of fused-ring (bicyclic) bond motifs is 1. The fourth-order valence-electron chi connectivity index (χ4n) is 3.98. The number of aryl methyl sites for hydroxylation is 2. The predicted octanol–water partition coefficient (Wildman–Crippen LogP) is 1.65. The third-order valence-electron chi connectivity index (χ3n) is 5.53. The first-order chi connectivity index (χ1) is 11.9. The molecule has 4 rings (SSSR count). The van der Waals surface area contributed by atoms with Crippen molar-refractivity contribution in [2.45, 2.75) is 35.1 Å². The van der Waals surface area contributed by atoms with Crippen LogP contribution in [0, 0.1) is 18.8 Å². The van der Waals surface area contributed by atoms with Crippen molar-refractivity contribution in [1.29, 1.82) is 0 Å². The molecule has 0 aromatic carbocycles. The monoisotopic (exact) mass is 381 g/mol. The molecule has 1 aliphatic heterocycles. The molecule has 0 unspecified atom stereocenters. The lowest BCUT2D eigenvalue weighted by molar-refractivity contribution is 0.446. The minimum absolute atomic E-state index is 0.342. The first-order valence-electron chi connectivity index (χ1n) is 8.49. The molecule has 0 amide bonds. The van der Waals surface area contributed by atoms with Crippen molar-refractivity contribution in [1.82, 2.24) is 23.6 Å². The van der Waals surface area contributed by atoms with Gasteiger partial charge in [-0.05, 0) is 31.6 Å². The van der Waals surface area contributed by atoms with Crippen LogP contribution in [0.4, 0.5) is 0 Å². The molecule has 2 aromatic rings. The molecular formula is C16H23N5O2S2. The van der Waals surface area contributed by atoms with E-state index in [0.717, 1.165) is 18.0 Å². The molecule has 1 saturated heterocycles. The van der Waals surface area contributed by atoms with Crippen molar-refractivity contribution >= 4 is 21.8 Å². The van der Waals surface area contributed by atoms with Crippen LogP contribution in [0.25, 0.3) is 0 Å². The molecule has 9 heteroatoms. The second kappa shape index (κ2) is 6.14. The van der Waals surface area contributed by atoms with Gasteiger partial charge < -0.3 is 4.57 Å². The largest absolute Gasteiger partial charge is 0.329 e. The van der Waals surface area contributed by atoms with E-state index >= 15 is 0 Å². The standard InChI is InChI=1S/C16H23N5O2S2/c1-11-15(8-18-20(11)3)25(22,23)21-9-12-6-14(7-13(12)10-21)24-16-17-4-5-19(16)2/h4-5,8,12-14H,6-7,9-10H2,1-3H3/t12-,13+,14+. The molecular weight excluding hydrogens is 358 g/mol. The Kier molecular flexibility index (Phi) is 4.20. The van der Waals surface area contributed by atoms with Crippen LogP contribution < -0.4 is 0 Å². The molecule has 1 aliphatic carbocycles. The van der Waals surface area contributed by atoms with E-state index in [1.807, 2.05) is 35.8 Å². The fourth-order valence-corrected chi connectivity index (χ4v) is 7.05. The fraction of sp³-hybridized carbons (Fsp3) is 0.625. The maximum absolute atomic E-state index is 12.9. The van der Waals surface area contributed by atoms with Gasteiger partial charge in [0, 0.05) is 44.8 Å². The van der Waals surface area contributed by atoms with Gasteiger partial charge in [0.1, 0.15) is 4.90 Å². The smallest absolute Gasteiger partial charge is 0.246 e. The zero-order valence-electron chi connectivity index (χ0n) is 14.7. The topological polar surface area (TPSA) is 73.0 Å². The van der Waals surface area contributed by atoms with Gasteiger partial charge in [-0.2, -0.15) is 9.40 Å². The van der Waals surface area contributed by atoms with Gasteiger partial charge in [-0.25, -0.2) is 13.4 Å². The van der Waals surface area contributed by atoms with Gasteiger partial charge in [-0.3, -0.25) is 4.68 Å². The summed E-state index contributed by atoms with van der Waals surface area (Å²) >= 11 is 1.82. The Morgan fingerprint density at radius 1 is 1.20 bits per heavy atom. The van der Waals surface area contributed by atoms with Crippen LogP contribution in [0.15, 0.2) is 28.6 Å². The van der Waals surface area contributed by atoms with Gasteiger partial charge in [0.15, 0.2) is 5.16 Å². The molecule has 0 bridgehead atoms. The molecule has 2 aromatic heterocycles.